The Hall–Kier alpha value is -2.42. The van der Waals surface area contributed by atoms with Gasteiger partial charge in [-0.25, -0.2) is 8.42 Å². The number of hydrogen-bond donors (Lipinski definition) is 1. The van der Waals surface area contributed by atoms with Crippen LogP contribution in [0.5, 0.6) is 5.75 Å². The zero-order valence-electron chi connectivity index (χ0n) is 16.1. The number of piperazine rings is 1. The molecule has 7 nitrogen and oxygen atoms in total. The van der Waals surface area contributed by atoms with E-state index in [1.165, 1.54) is 4.31 Å². The lowest BCUT2D eigenvalue weighted by molar-refractivity contribution is -0.117. The Kier molecular flexibility index (Phi) is 6.33. The van der Waals surface area contributed by atoms with Gasteiger partial charge in [-0.05, 0) is 43.3 Å². The van der Waals surface area contributed by atoms with E-state index in [9.17, 15) is 13.2 Å². The third kappa shape index (κ3) is 4.89. The summed E-state index contributed by atoms with van der Waals surface area (Å²) in [4.78, 5) is 14.5. The van der Waals surface area contributed by atoms with Gasteiger partial charge in [0.1, 0.15) is 5.75 Å². The molecule has 0 spiro atoms. The highest BCUT2D eigenvalue weighted by molar-refractivity contribution is 7.89. The Morgan fingerprint density at radius 1 is 1.00 bits per heavy atom. The lowest BCUT2D eigenvalue weighted by Gasteiger charge is -2.33. The van der Waals surface area contributed by atoms with Crippen molar-refractivity contribution in [3.05, 3.63) is 54.1 Å². The van der Waals surface area contributed by atoms with Crippen molar-refractivity contribution in [3.63, 3.8) is 0 Å². The molecule has 8 heteroatoms. The number of carbonyl (C=O) groups excluding carboxylic acids is 1. The van der Waals surface area contributed by atoms with Crippen molar-refractivity contribution < 1.29 is 17.9 Å². The minimum Gasteiger partial charge on any atom is -0.497 e. The molecule has 1 amide bonds. The molecule has 2 aromatic rings. The highest BCUT2D eigenvalue weighted by Gasteiger charge is 2.28. The summed E-state index contributed by atoms with van der Waals surface area (Å²) >= 11 is 0. The summed E-state index contributed by atoms with van der Waals surface area (Å²) in [5, 5.41) is 2.85. The third-order valence-electron chi connectivity index (χ3n) is 4.73. The Labute approximate surface area is 166 Å². The average Bonchev–Trinajstić information content (AvgIpc) is 2.69. The largest absolute Gasteiger partial charge is 0.497 e. The zero-order chi connectivity index (χ0) is 20.1. The summed E-state index contributed by atoms with van der Waals surface area (Å²) in [6.07, 6.45) is 0. The Bertz CT molecular complexity index is 903. The first-order valence-electron chi connectivity index (χ1n) is 9.11. The van der Waals surface area contributed by atoms with Crippen molar-refractivity contribution in [3.8, 4) is 5.75 Å². The van der Waals surface area contributed by atoms with Gasteiger partial charge in [0.25, 0.3) is 0 Å². The number of amides is 1. The van der Waals surface area contributed by atoms with E-state index in [0.29, 0.717) is 36.8 Å². The highest BCUT2D eigenvalue weighted by atomic mass is 32.2. The standard InChI is InChI=1S/C20H25N3O4S/c1-16-3-9-19(10-4-16)28(25,26)23-13-11-22(12-14-23)15-20(24)21-17-5-7-18(27-2)8-6-17/h3-10H,11-15H2,1-2H3,(H,21,24). The predicted octanol–water partition coefficient (Wildman–Crippen LogP) is 1.95. The quantitative estimate of drug-likeness (QED) is 0.798. The number of anilines is 1. The number of nitrogens with zero attached hydrogens (tertiary/aromatic N) is 2. The topological polar surface area (TPSA) is 79.0 Å². The fraction of sp³-hybridized carbons (Fsp3) is 0.350. The number of rotatable bonds is 6. The normalized spacial score (nSPS) is 15.9. The van der Waals surface area contributed by atoms with Gasteiger partial charge in [-0.1, -0.05) is 17.7 Å². The summed E-state index contributed by atoms with van der Waals surface area (Å²) in [6, 6.07) is 14.0. The molecule has 1 N–H and O–H groups in total. The molecule has 150 valence electrons. The van der Waals surface area contributed by atoms with Gasteiger partial charge in [0.05, 0.1) is 18.6 Å². The maximum Gasteiger partial charge on any atom is 0.243 e. The van der Waals surface area contributed by atoms with E-state index in [-0.39, 0.29) is 12.5 Å². The second kappa shape index (κ2) is 8.72. The Morgan fingerprint density at radius 3 is 2.18 bits per heavy atom. The van der Waals surface area contributed by atoms with Crippen molar-refractivity contribution in [2.75, 3.05) is 45.2 Å². The van der Waals surface area contributed by atoms with Crippen LogP contribution in [0.2, 0.25) is 0 Å². The van der Waals surface area contributed by atoms with Gasteiger partial charge in [0.15, 0.2) is 0 Å². The number of benzene rings is 2. The summed E-state index contributed by atoms with van der Waals surface area (Å²) < 4.78 is 32.1. The van der Waals surface area contributed by atoms with Crippen molar-refractivity contribution in [2.24, 2.45) is 0 Å². The van der Waals surface area contributed by atoms with E-state index in [0.717, 1.165) is 11.3 Å². The van der Waals surface area contributed by atoms with Crippen LogP contribution >= 0.6 is 0 Å². The fourth-order valence-electron chi connectivity index (χ4n) is 3.07. The molecule has 0 saturated carbocycles. The third-order valence-corrected chi connectivity index (χ3v) is 6.64. The van der Waals surface area contributed by atoms with Crippen LogP contribution in [0.25, 0.3) is 0 Å². The molecule has 0 radical (unpaired) electrons. The van der Waals surface area contributed by atoms with Gasteiger partial charge in [0, 0.05) is 31.9 Å². The number of hydrogen-bond acceptors (Lipinski definition) is 5. The highest BCUT2D eigenvalue weighted by Crippen LogP contribution is 2.18. The van der Waals surface area contributed by atoms with E-state index >= 15 is 0 Å². The van der Waals surface area contributed by atoms with Crippen LogP contribution in [-0.2, 0) is 14.8 Å². The molecule has 0 atom stereocenters. The maximum absolute atomic E-state index is 12.7. The molecule has 0 unspecified atom stereocenters. The molecule has 2 aromatic carbocycles. The zero-order valence-corrected chi connectivity index (χ0v) is 16.9. The number of methoxy groups -OCH3 is 1. The van der Waals surface area contributed by atoms with Crippen LogP contribution in [0, 0.1) is 6.92 Å². The Morgan fingerprint density at radius 2 is 1.61 bits per heavy atom. The fourth-order valence-corrected chi connectivity index (χ4v) is 4.49. The summed E-state index contributed by atoms with van der Waals surface area (Å²) in [7, 11) is -1.90. The van der Waals surface area contributed by atoms with E-state index < -0.39 is 10.0 Å². The predicted molar refractivity (Wildman–Crippen MR) is 108 cm³/mol. The van der Waals surface area contributed by atoms with E-state index in [1.807, 2.05) is 11.8 Å². The SMILES string of the molecule is COc1ccc(NC(=O)CN2CCN(S(=O)(=O)c3ccc(C)cc3)CC2)cc1. The minimum atomic E-state index is -3.49. The van der Waals surface area contributed by atoms with Crippen LogP contribution < -0.4 is 10.1 Å². The first kappa shape index (κ1) is 20.3. The van der Waals surface area contributed by atoms with Gasteiger partial charge in [-0.15, -0.1) is 0 Å². The van der Waals surface area contributed by atoms with Gasteiger partial charge >= 0.3 is 0 Å². The molecule has 3 rings (SSSR count). The van der Waals surface area contributed by atoms with Crippen LogP contribution in [0.4, 0.5) is 5.69 Å². The van der Waals surface area contributed by atoms with Crippen molar-refractivity contribution in [2.45, 2.75) is 11.8 Å². The summed E-state index contributed by atoms with van der Waals surface area (Å²) in [6.45, 7) is 3.91. The molecule has 28 heavy (non-hydrogen) atoms. The van der Waals surface area contributed by atoms with Gasteiger partial charge in [-0.3, -0.25) is 9.69 Å². The Balaban J connectivity index is 1.51. The lowest BCUT2D eigenvalue weighted by Crippen LogP contribution is -2.50. The number of aryl methyl sites for hydroxylation is 1. The minimum absolute atomic E-state index is 0.125. The molecule has 1 heterocycles. The summed E-state index contributed by atoms with van der Waals surface area (Å²) in [5.41, 5.74) is 1.72. The molecule has 1 aliphatic rings. The number of nitrogens with one attached hydrogen (secondary N) is 1. The second-order valence-electron chi connectivity index (χ2n) is 6.77. The maximum atomic E-state index is 12.7. The number of carbonyl (C=O) groups is 1. The van der Waals surface area contributed by atoms with Crippen molar-refractivity contribution in [1.82, 2.24) is 9.21 Å². The van der Waals surface area contributed by atoms with E-state index in [1.54, 1.807) is 55.6 Å². The van der Waals surface area contributed by atoms with Crippen molar-refractivity contribution in [1.29, 1.82) is 0 Å². The first-order valence-corrected chi connectivity index (χ1v) is 10.6. The van der Waals surface area contributed by atoms with E-state index in [4.69, 9.17) is 4.74 Å². The molecule has 1 aliphatic heterocycles. The molecule has 1 saturated heterocycles. The monoisotopic (exact) mass is 403 g/mol. The van der Waals surface area contributed by atoms with Gasteiger partial charge in [0.2, 0.25) is 15.9 Å². The lowest BCUT2D eigenvalue weighted by atomic mass is 10.2. The van der Waals surface area contributed by atoms with Crippen molar-refractivity contribution >= 4 is 21.6 Å². The molecular formula is C20H25N3O4S. The average molecular weight is 404 g/mol. The van der Waals surface area contributed by atoms with Crippen LogP contribution in [0.3, 0.4) is 0 Å². The van der Waals surface area contributed by atoms with E-state index in [2.05, 4.69) is 5.32 Å². The van der Waals surface area contributed by atoms with Crippen LogP contribution in [0.1, 0.15) is 5.56 Å². The molecule has 1 fully saturated rings. The van der Waals surface area contributed by atoms with Crippen LogP contribution in [0.15, 0.2) is 53.4 Å². The molecular weight excluding hydrogens is 378 g/mol. The second-order valence-corrected chi connectivity index (χ2v) is 8.71. The number of sulfonamides is 1. The first-order chi connectivity index (χ1) is 13.4. The summed E-state index contributed by atoms with van der Waals surface area (Å²) in [5.74, 6) is 0.601. The molecule has 0 aliphatic carbocycles. The van der Waals surface area contributed by atoms with Gasteiger partial charge in [-0.2, -0.15) is 4.31 Å². The number of ether oxygens (including phenoxy) is 1. The molecule has 0 bridgehead atoms. The van der Waals surface area contributed by atoms with Gasteiger partial charge < -0.3 is 10.1 Å². The molecule has 0 aromatic heterocycles. The van der Waals surface area contributed by atoms with Crippen LogP contribution in [-0.4, -0.2) is 63.4 Å². The smallest absolute Gasteiger partial charge is 0.243 e.